The largest absolute Gasteiger partial charge is 0.356 e. The molecule has 0 spiro atoms. The van der Waals surface area contributed by atoms with E-state index in [0.717, 1.165) is 46.6 Å². The second kappa shape index (κ2) is 8.31. The Morgan fingerprint density at radius 2 is 1.78 bits per heavy atom. The molecule has 138 valence electrons. The van der Waals surface area contributed by atoms with E-state index in [1.165, 1.54) is 4.70 Å². The fourth-order valence-electron chi connectivity index (χ4n) is 3.12. The van der Waals surface area contributed by atoms with Gasteiger partial charge in [-0.3, -0.25) is 4.79 Å². The molecule has 0 aliphatic rings. The van der Waals surface area contributed by atoms with Crippen molar-refractivity contribution in [1.29, 1.82) is 0 Å². The molecule has 0 saturated heterocycles. The van der Waals surface area contributed by atoms with Crippen molar-refractivity contribution in [2.24, 2.45) is 0 Å². The summed E-state index contributed by atoms with van der Waals surface area (Å²) in [6, 6.07) is 16.2. The number of imidazole rings is 1. The van der Waals surface area contributed by atoms with Gasteiger partial charge in [-0.25, -0.2) is 9.97 Å². The number of H-pyrrole nitrogens is 1. The molecule has 4 aromatic rings. The van der Waals surface area contributed by atoms with Gasteiger partial charge in [-0.2, -0.15) is 0 Å². The zero-order chi connectivity index (χ0) is 18.5. The van der Waals surface area contributed by atoms with Crippen molar-refractivity contribution in [3.05, 3.63) is 59.4 Å². The highest BCUT2D eigenvalue weighted by Crippen LogP contribution is 2.22. The number of carbonyl (C=O) groups excluding carboxylic acids is 1. The number of hydrogen-bond acceptors (Lipinski definition) is 4. The lowest BCUT2D eigenvalue weighted by molar-refractivity contribution is -0.121. The molecule has 0 radical (unpaired) electrons. The Kier molecular flexibility index (Phi) is 5.44. The maximum Gasteiger partial charge on any atom is 0.220 e. The van der Waals surface area contributed by atoms with Crippen molar-refractivity contribution in [3.63, 3.8) is 0 Å². The van der Waals surface area contributed by atoms with Gasteiger partial charge in [-0.15, -0.1) is 11.3 Å². The van der Waals surface area contributed by atoms with Gasteiger partial charge in [0.05, 0.1) is 26.3 Å². The zero-order valence-corrected chi connectivity index (χ0v) is 15.9. The minimum absolute atomic E-state index is 0.107. The van der Waals surface area contributed by atoms with Crippen LogP contribution >= 0.6 is 11.3 Å². The third-order valence-electron chi connectivity index (χ3n) is 4.51. The number of nitrogens with one attached hydrogen (secondary N) is 2. The fraction of sp³-hybridized carbons (Fsp3) is 0.286. The second-order valence-corrected chi connectivity index (χ2v) is 7.70. The molecule has 6 heteroatoms. The van der Waals surface area contributed by atoms with E-state index in [2.05, 4.69) is 26.3 Å². The number of fused-ring (bicyclic) bond motifs is 2. The third kappa shape index (κ3) is 4.52. The summed E-state index contributed by atoms with van der Waals surface area (Å²) >= 11 is 1.75. The summed E-state index contributed by atoms with van der Waals surface area (Å²) in [6.45, 7) is 0.608. The van der Waals surface area contributed by atoms with Gasteiger partial charge in [-0.1, -0.05) is 24.3 Å². The van der Waals surface area contributed by atoms with E-state index in [4.69, 9.17) is 0 Å². The number of amides is 1. The van der Waals surface area contributed by atoms with Gasteiger partial charge in [0.15, 0.2) is 0 Å². The Hall–Kier alpha value is -2.73. The highest BCUT2D eigenvalue weighted by molar-refractivity contribution is 7.18. The predicted molar refractivity (Wildman–Crippen MR) is 110 cm³/mol. The minimum Gasteiger partial charge on any atom is -0.356 e. The van der Waals surface area contributed by atoms with Crippen LogP contribution in [-0.2, 0) is 17.6 Å². The molecule has 0 aliphatic heterocycles. The molecular weight excluding hydrogens is 356 g/mol. The molecule has 0 atom stereocenters. The standard InChI is InChI=1S/C21H22N4OS/c26-20(22-14-13-19-23-15-7-1-2-8-16(15)24-19)11-5-6-12-21-25-17-9-3-4-10-18(17)27-21/h1-4,7-10H,5-6,11-14H2,(H,22,26)(H,23,24). The fourth-order valence-corrected chi connectivity index (χ4v) is 4.13. The van der Waals surface area contributed by atoms with Gasteiger partial charge in [0.25, 0.3) is 0 Å². The molecule has 0 saturated carbocycles. The Morgan fingerprint density at radius 3 is 2.63 bits per heavy atom. The topological polar surface area (TPSA) is 70.7 Å². The van der Waals surface area contributed by atoms with Gasteiger partial charge < -0.3 is 10.3 Å². The van der Waals surface area contributed by atoms with Gasteiger partial charge in [-0.05, 0) is 43.5 Å². The van der Waals surface area contributed by atoms with E-state index < -0.39 is 0 Å². The van der Waals surface area contributed by atoms with Crippen molar-refractivity contribution in [2.75, 3.05) is 6.54 Å². The number of benzene rings is 2. The maximum atomic E-state index is 12.0. The normalized spacial score (nSPS) is 11.3. The number of hydrogen-bond donors (Lipinski definition) is 2. The number of aromatic nitrogens is 3. The molecule has 0 aliphatic carbocycles. The molecule has 0 fully saturated rings. The average molecular weight is 379 g/mol. The summed E-state index contributed by atoms with van der Waals surface area (Å²) in [6.07, 6.45) is 4.08. The average Bonchev–Trinajstić information content (AvgIpc) is 3.28. The summed E-state index contributed by atoms with van der Waals surface area (Å²) in [4.78, 5) is 24.4. The first kappa shape index (κ1) is 17.7. The molecule has 0 unspecified atom stereocenters. The Bertz CT molecular complexity index is 986. The number of rotatable bonds is 8. The highest BCUT2D eigenvalue weighted by Gasteiger charge is 2.06. The molecule has 2 aromatic carbocycles. The van der Waals surface area contributed by atoms with E-state index in [1.807, 2.05) is 42.5 Å². The summed E-state index contributed by atoms with van der Waals surface area (Å²) in [5.41, 5.74) is 3.07. The van der Waals surface area contributed by atoms with Crippen molar-refractivity contribution in [3.8, 4) is 0 Å². The van der Waals surface area contributed by atoms with Crippen LogP contribution in [0.15, 0.2) is 48.5 Å². The lowest BCUT2D eigenvalue weighted by Gasteiger charge is -2.03. The van der Waals surface area contributed by atoms with E-state index in [1.54, 1.807) is 11.3 Å². The van der Waals surface area contributed by atoms with Gasteiger partial charge in [0.2, 0.25) is 5.91 Å². The Labute approximate surface area is 161 Å². The molecule has 5 nitrogen and oxygen atoms in total. The first-order valence-corrected chi connectivity index (χ1v) is 10.1. The molecule has 2 heterocycles. The number of unbranched alkanes of at least 4 members (excludes halogenated alkanes) is 1. The highest BCUT2D eigenvalue weighted by atomic mass is 32.1. The van der Waals surface area contributed by atoms with Crippen LogP contribution in [0.3, 0.4) is 0 Å². The van der Waals surface area contributed by atoms with E-state index in [-0.39, 0.29) is 5.91 Å². The van der Waals surface area contributed by atoms with Crippen molar-refractivity contribution in [1.82, 2.24) is 20.3 Å². The van der Waals surface area contributed by atoms with Crippen LogP contribution in [0.2, 0.25) is 0 Å². The number of aromatic amines is 1. The molecule has 2 aromatic heterocycles. The lowest BCUT2D eigenvalue weighted by Crippen LogP contribution is -2.25. The van der Waals surface area contributed by atoms with Crippen molar-refractivity contribution < 1.29 is 4.79 Å². The quantitative estimate of drug-likeness (QED) is 0.450. The van der Waals surface area contributed by atoms with Crippen LogP contribution in [0.25, 0.3) is 21.3 Å². The smallest absolute Gasteiger partial charge is 0.220 e. The number of nitrogens with zero attached hydrogens (tertiary/aromatic N) is 2. The van der Waals surface area contributed by atoms with Crippen LogP contribution < -0.4 is 5.32 Å². The molecular formula is C21H22N4OS. The predicted octanol–water partition coefficient (Wildman–Crippen LogP) is 4.24. The number of thiazole rings is 1. The Balaban J connectivity index is 1.15. The van der Waals surface area contributed by atoms with Crippen molar-refractivity contribution in [2.45, 2.75) is 32.1 Å². The summed E-state index contributed by atoms with van der Waals surface area (Å²) in [5, 5.41) is 4.14. The van der Waals surface area contributed by atoms with Crippen LogP contribution in [0.5, 0.6) is 0 Å². The van der Waals surface area contributed by atoms with Gasteiger partial charge in [0, 0.05) is 19.4 Å². The molecule has 27 heavy (non-hydrogen) atoms. The van der Waals surface area contributed by atoms with Crippen LogP contribution in [0.1, 0.15) is 30.1 Å². The van der Waals surface area contributed by atoms with Gasteiger partial charge in [0.1, 0.15) is 5.82 Å². The molecule has 1 amide bonds. The van der Waals surface area contributed by atoms with Crippen LogP contribution in [0.4, 0.5) is 0 Å². The summed E-state index contributed by atoms with van der Waals surface area (Å²) in [7, 11) is 0. The second-order valence-electron chi connectivity index (χ2n) is 6.58. The van der Waals surface area contributed by atoms with Crippen LogP contribution in [-0.4, -0.2) is 27.4 Å². The summed E-state index contributed by atoms with van der Waals surface area (Å²) in [5.74, 6) is 1.02. The van der Waals surface area contributed by atoms with Crippen molar-refractivity contribution >= 4 is 38.5 Å². The summed E-state index contributed by atoms with van der Waals surface area (Å²) < 4.78 is 1.23. The SMILES string of the molecule is O=C(CCCCc1nc2ccccc2s1)NCCc1nc2ccccc2[nH]1. The Morgan fingerprint density at radius 1 is 0.963 bits per heavy atom. The molecule has 0 bridgehead atoms. The first-order chi connectivity index (χ1) is 13.3. The number of aryl methyl sites for hydroxylation is 1. The lowest BCUT2D eigenvalue weighted by atomic mass is 10.2. The van der Waals surface area contributed by atoms with Gasteiger partial charge >= 0.3 is 0 Å². The maximum absolute atomic E-state index is 12.0. The van der Waals surface area contributed by atoms with E-state index >= 15 is 0 Å². The zero-order valence-electron chi connectivity index (χ0n) is 15.1. The minimum atomic E-state index is 0.107. The molecule has 2 N–H and O–H groups in total. The number of para-hydroxylation sites is 3. The first-order valence-electron chi connectivity index (χ1n) is 9.33. The molecule has 4 rings (SSSR count). The van der Waals surface area contributed by atoms with Crippen LogP contribution in [0, 0.1) is 0 Å². The number of carbonyl (C=O) groups is 1. The van der Waals surface area contributed by atoms with E-state index in [9.17, 15) is 4.79 Å². The third-order valence-corrected chi connectivity index (χ3v) is 5.60. The van der Waals surface area contributed by atoms with E-state index in [0.29, 0.717) is 19.4 Å². The monoisotopic (exact) mass is 378 g/mol.